The molecule has 1 aliphatic rings. The molecule has 0 aliphatic carbocycles. The van der Waals surface area contributed by atoms with Crippen molar-refractivity contribution in [3.63, 3.8) is 0 Å². The van der Waals surface area contributed by atoms with Crippen LogP contribution in [-0.4, -0.2) is 109 Å². The van der Waals surface area contributed by atoms with Crippen LogP contribution in [0.15, 0.2) is 0 Å². The average Bonchev–Trinajstić information content (AvgIpc) is 3.29. The molecule has 1 fully saturated rings. The molecule has 0 radical (unpaired) electrons. The number of carbonyl (C=O) groups excluding carboxylic acids is 2. The van der Waals surface area contributed by atoms with Gasteiger partial charge in [0.2, 0.25) is 0 Å². The van der Waals surface area contributed by atoms with Gasteiger partial charge in [0.25, 0.3) is 23.0 Å². The van der Waals surface area contributed by atoms with Gasteiger partial charge in [-0.3, -0.25) is 9.59 Å². The first-order valence-corrected chi connectivity index (χ1v) is 28.7. The van der Waals surface area contributed by atoms with E-state index in [1.165, 1.54) is 13.8 Å². The number of carbonyl (C=O) groups is 2. The minimum absolute atomic E-state index is 0. The quantitative estimate of drug-likeness (QED) is 0.0532. The van der Waals surface area contributed by atoms with Crippen molar-refractivity contribution >= 4 is 11.9 Å². The molecule has 29 heteroatoms. The van der Waals surface area contributed by atoms with Gasteiger partial charge in [0.1, 0.15) is 11.3 Å². The van der Waals surface area contributed by atoms with Crippen molar-refractivity contribution < 1.29 is 128 Å². The zero-order chi connectivity index (χ0) is 72.5. The molecule has 89 heavy (non-hydrogen) atoms. The van der Waals surface area contributed by atoms with Gasteiger partial charge < -0.3 is 34.6 Å². The largest absolute Gasteiger partial charge is 0.640 e. The maximum Gasteiger partial charge on any atom is 0.443 e. The summed E-state index contributed by atoms with van der Waals surface area (Å²) in [7, 11) is 3.05. The van der Waals surface area contributed by atoms with Crippen LogP contribution in [0.3, 0.4) is 0 Å². The Kier molecular flexibility index (Phi) is 32.4. The zero-order valence-corrected chi connectivity index (χ0v) is 63.0. The number of hydrogen-bond donors (Lipinski definition) is 4. The summed E-state index contributed by atoms with van der Waals surface area (Å²) < 4.78 is 258. The second-order valence-corrected chi connectivity index (χ2v) is 29.5. The van der Waals surface area contributed by atoms with E-state index in [1.54, 1.807) is 41.5 Å². The molecule has 0 spiro atoms. The topological polar surface area (TPSA) is 143 Å². The molecule has 0 aromatic rings. The van der Waals surface area contributed by atoms with Crippen molar-refractivity contribution in [2.45, 2.75) is 326 Å². The maximum absolute atomic E-state index is 14.1. The Bertz CT molecular complexity index is 2110. The average molecular weight is 1600 g/mol. The standard InChI is InChI=1S/C16H29F3O2.C13H20F6O3.C12H20F6O.C12H22F4O.C7H13O2.Rf/c1-7-12(2,3)8-9-14(6)10-13(4,5)21-15(20,11-14)16(17,18)19;1-6-9(2,3)8(20)22-10(4,5)7-11(21,12(14,15)16)13(17,18)19;1-6-8(2,3)7-9(4,5)10(19,11(13,14)15)12(16,17)18;1-6-9(2,3)7-8-10(4,13)11(5,17)12(14,15)16;1-5-7(2,3)6(8)9-4;/h20H,7-11H2,1-6H3;21H,6-7H2,1-5H3;19H,6-7H2,1-5H3;17H,6-8H2,1-5H3;4-5H2,1-3H3;/q;;;;-1;. The van der Waals surface area contributed by atoms with Crippen LogP contribution in [0.25, 0.3) is 0 Å². The second-order valence-electron chi connectivity index (χ2n) is 29.5. The Hall–Kier alpha value is -3.59. The van der Waals surface area contributed by atoms with Gasteiger partial charge in [-0.25, -0.2) is 4.39 Å². The first-order valence-electron chi connectivity index (χ1n) is 28.7. The summed E-state index contributed by atoms with van der Waals surface area (Å²) in [4.78, 5) is 22.6. The molecule has 1 saturated heterocycles. The van der Waals surface area contributed by atoms with Crippen molar-refractivity contribution in [2.24, 2.45) is 37.9 Å². The summed E-state index contributed by atoms with van der Waals surface area (Å²) in [5, 5.41) is 37.9. The number of hydrogen-bond acceptors (Lipinski definition) is 9. The fraction of sp³-hybridized carbons (Fsp3) is 0.950. The fourth-order valence-corrected chi connectivity index (χ4v) is 8.90. The molecule has 1 aliphatic heterocycles. The SMILES string of the molecule is CCC(C)(C)C(=O)OC(C)(C)CC(O)(C(F)(F)F)C(F)(F)F.CCC(C)(C)CC(C)(C)C(O)(C(F)(F)F)C(F)(F)F.CCC(C)(C)CCC(C)(F)C(C)(O)C(F)(F)F.CCC(C)(C)CCC1(C)CC(C)(C)OC(O)(C(F)(F)F)C1.[CH2-]OC(=O)C(C)(C)CC.[Rf]. The Morgan fingerprint density at radius 3 is 1.11 bits per heavy atom. The minimum atomic E-state index is -5.95. The third-order valence-electron chi connectivity index (χ3n) is 17.2. The van der Waals surface area contributed by atoms with Gasteiger partial charge in [0.15, 0.2) is 5.60 Å². The van der Waals surface area contributed by atoms with Gasteiger partial charge >= 0.3 is 43.0 Å². The fourth-order valence-electron chi connectivity index (χ4n) is 8.90. The van der Waals surface area contributed by atoms with Gasteiger partial charge in [-0.2, -0.15) is 86.1 Å². The minimum Gasteiger partial charge on any atom is -0.640 e. The first kappa shape index (κ1) is 94.1. The van der Waals surface area contributed by atoms with Gasteiger partial charge in [-0.15, -0.1) is 0 Å². The Labute approximate surface area is 509 Å². The van der Waals surface area contributed by atoms with Crippen LogP contribution in [-0.2, 0) is 23.8 Å². The van der Waals surface area contributed by atoms with Crippen LogP contribution in [0, 0.1) is 45.0 Å². The number of aliphatic hydroxyl groups is 4. The van der Waals surface area contributed by atoms with E-state index >= 15 is 0 Å². The van der Waals surface area contributed by atoms with Crippen molar-refractivity contribution in [1.29, 1.82) is 0 Å². The zero-order valence-electron chi connectivity index (χ0n) is 56.6. The van der Waals surface area contributed by atoms with E-state index in [0.29, 0.717) is 32.6 Å². The van der Waals surface area contributed by atoms with Crippen molar-refractivity contribution in [3.05, 3.63) is 7.11 Å². The number of alkyl halides is 19. The molecule has 0 aromatic heterocycles. The molecule has 4 atom stereocenters. The van der Waals surface area contributed by atoms with Crippen molar-refractivity contribution in [1.82, 2.24) is 0 Å². The number of halogens is 19. The van der Waals surface area contributed by atoms with Gasteiger partial charge in [0.05, 0.1) is 16.4 Å². The molecule has 4 N–H and O–H groups in total. The Morgan fingerprint density at radius 2 is 0.831 bits per heavy atom. The van der Waals surface area contributed by atoms with Gasteiger partial charge in [-0.05, 0) is 142 Å². The van der Waals surface area contributed by atoms with E-state index in [1.807, 2.05) is 48.5 Å². The molecule has 1 rings (SSSR count). The summed E-state index contributed by atoms with van der Waals surface area (Å²) in [5.74, 6) is -4.23. The van der Waals surface area contributed by atoms with E-state index in [-0.39, 0.29) is 35.1 Å². The number of rotatable bonds is 20. The molecule has 9 nitrogen and oxygen atoms in total. The normalized spacial score (nSPS) is 20.2. The van der Waals surface area contributed by atoms with Crippen LogP contribution in [0.5, 0.6) is 0 Å². The molecule has 0 saturated carbocycles. The maximum atomic E-state index is 14.1. The van der Waals surface area contributed by atoms with Crippen LogP contribution < -0.4 is 0 Å². The Balaban J connectivity index is -0.000000336. The van der Waals surface area contributed by atoms with E-state index in [4.69, 9.17) is 14.6 Å². The summed E-state index contributed by atoms with van der Waals surface area (Å²) in [6.45, 7) is 36.7. The molecule has 4 unspecified atom stereocenters. The molecule has 0 bridgehead atoms. The third kappa shape index (κ3) is 26.7. The monoisotopic (exact) mass is 1600 g/mol. The summed E-state index contributed by atoms with van der Waals surface area (Å²) in [6, 6.07) is 0. The van der Waals surface area contributed by atoms with E-state index in [0.717, 1.165) is 60.3 Å². The molecular formula is C60H104F19O9Rf-. The molecule has 0 aromatic carbocycles. The molecular weight excluding hydrogens is 1490 g/mol. The van der Waals surface area contributed by atoms with Crippen molar-refractivity contribution in [2.75, 3.05) is 0 Å². The van der Waals surface area contributed by atoms with Crippen LogP contribution in [0.1, 0.15) is 250 Å². The van der Waals surface area contributed by atoms with Crippen LogP contribution >= 0.6 is 0 Å². The first-order chi connectivity index (χ1) is 37.9. The van der Waals surface area contributed by atoms with Gasteiger partial charge in [0, 0.05) is 18.3 Å². The number of esters is 2. The molecule has 0 amide bonds. The van der Waals surface area contributed by atoms with Crippen LogP contribution in [0.4, 0.5) is 83.4 Å². The summed E-state index contributed by atoms with van der Waals surface area (Å²) in [6.07, 6.45) is -30.7. The molecule has 1 heterocycles. The van der Waals surface area contributed by atoms with Gasteiger partial charge in [-0.1, -0.05) is 116 Å². The summed E-state index contributed by atoms with van der Waals surface area (Å²) in [5.41, 5.74) is -24.1. The second kappa shape index (κ2) is 30.7. The summed E-state index contributed by atoms with van der Waals surface area (Å²) >= 11 is 0. The Morgan fingerprint density at radius 1 is 0.483 bits per heavy atom. The number of ether oxygens (including phenoxy) is 3. The molecule has 534 valence electrons. The predicted molar refractivity (Wildman–Crippen MR) is 297 cm³/mol. The smallest absolute Gasteiger partial charge is 0.443 e. The van der Waals surface area contributed by atoms with E-state index in [2.05, 4.69) is 32.6 Å². The van der Waals surface area contributed by atoms with Crippen LogP contribution in [0.2, 0.25) is 0 Å². The van der Waals surface area contributed by atoms with Crippen molar-refractivity contribution in [3.8, 4) is 0 Å². The predicted octanol–water partition coefficient (Wildman–Crippen LogP) is 19.7. The van der Waals surface area contributed by atoms with E-state index < -0.39 is 123 Å². The van der Waals surface area contributed by atoms with E-state index in [9.17, 15) is 108 Å². The third-order valence-corrected chi connectivity index (χ3v) is 17.2.